The number of hydrogen-bond acceptors (Lipinski definition) is 4. The quantitative estimate of drug-likeness (QED) is 0.929. The molecule has 0 bridgehead atoms. The molecule has 88 valence electrons. The van der Waals surface area contributed by atoms with Crippen molar-refractivity contribution >= 4 is 29.0 Å². The number of nitrogens with one attached hydrogen (secondary N) is 1. The number of carbonyl (C=O) groups excluding carboxylic acids is 1. The molecule has 1 amide bonds. The number of carbonyl (C=O) groups is 1. The predicted molar refractivity (Wildman–Crippen MR) is 67.3 cm³/mol. The van der Waals surface area contributed by atoms with Crippen LogP contribution in [0.2, 0.25) is 5.02 Å². The number of nitrogens with zero attached hydrogens (tertiary/aromatic N) is 2. The molecule has 0 spiro atoms. The Hall–Kier alpha value is -1.46. The standard InChI is InChI=1S/C11H10ClN3OS/c1-7-10(17-15-14-7)11(16)13-6-8-2-4-9(12)5-3-8/h2-5H,6H2,1H3,(H,13,16). The molecule has 0 fully saturated rings. The maximum atomic E-state index is 11.8. The van der Waals surface area contributed by atoms with Crippen LogP contribution in [0.15, 0.2) is 24.3 Å². The highest BCUT2D eigenvalue weighted by molar-refractivity contribution is 7.07. The molecule has 0 saturated carbocycles. The van der Waals surface area contributed by atoms with E-state index in [-0.39, 0.29) is 5.91 Å². The van der Waals surface area contributed by atoms with Gasteiger partial charge in [0.1, 0.15) is 4.88 Å². The molecule has 0 aliphatic carbocycles. The Bertz CT molecular complexity index is 524. The number of aryl methyl sites for hydroxylation is 1. The van der Waals surface area contributed by atoms with E-state index in [9.17, 15) is 4.79 Å². The lowest BCUT2D eigenvalue weighted by molar-refractivity contribution is 0.0954. The van der Waals surface area contributed by atoms with Gasteiger partial charge in [-0.3, -0.25) is 4.79 Å². The molecule has 0 saturated heterocycles. The molecule has 0 unspecified atom stereocenters. The Balaban J connectivity index is 1.97. The molecule has 6 heteroatoms. The molecular weight excluding hydrogens is 258 g/mol. The monoisotopic (exact) mass is 267 g/mol. The number of benzene rings is 1. The van der Waals surface area contributed by atoms with E-state index < -0.39 is 0 Å². The van der Waals surface area contributed by atoms with Gasteiger partial charge in [0, 0.05) is 11.6 Å². The average molecular weight is 268 g/mol. The number of halogens is 1. The van der Waals surface area contributed by atoms with Gasteiger partial charge in [0.05, 0.1) is 5.69 Å². The summed E-state index contributed by atoms with van der Waals surface area (Å²) in [5, 5.41) is 7.29. The maximum Gasteiger partial charge on any atom is 0.265 e. The second-order valence-electron chi connectivity index (χ2n) is 3.50. The largest absolute Gasteiger partial charge is 0.347 e. The van der Waals surface area contributed by atoms with Crippen molar-refractivity contribution in [1.82, 2.24) is 14.9 Å². The average Bonchev–Trinajstić information content (AvgIpc) is 2.74. The zero-order valence-electron chi connectivity index (χ0n) is 9.11. The van der Waals surface area contributed by atoms with Crippen LogP contribution in [0.25, 0.3) is 0 Å². The van der Waals surface area contributed by atoms with Crippen molar-refractivity contribution in [3.05, 3.63) is 45.4 Å². The second-order valence-corrected chi connectivity index (χ2v) is 4.69. The minimum atomic E-state index is -0.146. The van der Waals surface area contributed by atoms with Gasteiger partial charge in [-0.15, -0.1) is 5.10 Å². The Morgan fingerprint density at radius 2 is 2.12 bits per heavy atom. The third-order valence-corrected chi connectivity index (χ3v) is 3.30. The first-order valence-corrected chi connectivity index (χ1v) is 6.13. The summed E-state index contributed by atoms with van der Waals surface area (Å²) in [7, 11) is 0. The van der Waals surface area contributed by atoms with E-state index in [1.165, 1.54) is 0 Å². The van der Waals surface area contributed by atoms with Crippen LogP contribution in [-0.2, 0) is 6.54 Å². The molecule has 1 N–H and O–H groups in total. The summed E-state index contributed by atoms with van der Waals surface area (Å²) in [6, 6.07) is 7.34. The van der Waals surface area contributed by atoms with Crippen LogP contribution in [0, 0.1) is 6.92 Å². The molecule has 0 radical (unpaired) electrons. The Labute approximate surface area is 108 Å². The minimum Gasteiger partial charge on any atom is -0.347 e. The van der Waals surface area contributed by atoms with Gasteiger partial charge in [-0.2, -0.15) is 0 Å². The number of amides is 1. The fraction of sp³-hybridized carbons (Fsp3) is 0.182. The van der Waals surface area contributed by atoms with E-state index in [4.69, 9.17) is 11.6 Å². The summed E-state index contributed by atoms with van der Waals surface area (Å²) in [5.41, 5.74) is 1.65. The zero-order valence-corrected chi connectivity index (χ0v) is 10.7. The molecule has 0 aliphatic heterocycles. The lowest BCUT2D eigenvalue weighted by atomic mass is 10.2. The summed E-state index contributed by atoms with van der Waals surface area (Å²) < 4.78 is 3.72. The van der Waals surface area contributed by atoms with Crippen molar-refractivity contribution in [2.45, 2.75) is 13.5 Å². The zero-order chi connectivity index (χ0) is 12.3. The summed E-state index contributed by atoms with van der Waals surface area (Å²) >= 11 is 6.88. The van der Waals surface area contributed by atoms with E-state index >= 15 is 0 Å². The van der Waals surface area contributed by atoms with Crippen molar-refractivity contribution in [1.29, 1.82) is 0 Å². The first-order chi connectivity index (χ1) is 8.16. The molecule has 0 aliphatic rings. The topological polar surface area (TPSA) is 54.9 Å². The molecule has 1 aromatic carbocycles. The van der Waals surface area contributed by atoms with Gasteiger partial charge in [0.15, 0.2) is 0 Å². The van der Waals surface area contributed by atoms with E-state index in [2.05, 4.69) is 14.9 Å². The van der Waals surface area contributed by atoms with Crippen molar-refractivity contribution in [3.8, 4) is 0 Å². The minimum absolute atomic E-state index is 0.146. The highest BCUT2D eigenvalue weighted by Crippen LogP contribution is 2.11. The third-order valence-electron chi connectivity index (χ3n) is 2.22. The van der Waals surface area contributed by atoms with Crippen LogP contribution in [0.5, 0.6) is 0 Å². The molecule has 17 heavy (non-hydrogen) atoms. The van der Waals surface area contributed by atoms with Gasteiger partial charge < -0.3 is 5.32 Å². The van der Waals surface area contributed by atoms with Crippen molar-refractivity contribution in [2.24, 2.45) is 0 Å². The van der Waals surface area contributed by atoms with Crippen LogP contribution in [0.1, 0.15) is 20.9 Å². The van der Waals surface area contributed by atoms with Gasteiger partial charge in [-0.25, -0.2) is 0 Å². The van der Waals surface area contributed by atoms with Crippen molar-refractivity contribution in [2.75, 3.05) is 0 Å². The van der Waals surface area contributed by atoms with E-state index in [1.54, 1.807) is 19.1 Å². The van der Waals surface area contributed by atoms with Gasteiger partial charge in [0.25, 0.3) is 5.91 Å². The van der Waals surface area contributed by atoms with Gasteiger partial charge in [-0.1, -0.05) is 28.2 Å². The lowest BCUT2D eigenvalue weighted by Gasteiger charge is -2.03. The fourth-order valence-corrected chi connectivity index (χ4v) is 2.00. The van der Waals surface area contributed by atoms with Crippen LogP contribution in [0.4, 0.5) is 0 Å². The number of aromatic nitrogens is 2. The Morgan fingerprint density at radius 3 is 2.71 bits per heavy atom. The molecule has 2 rings (SSSR count). The molecule has 0 atom stereocenters. The number of hydrogen-bond donors (Lipinski definition) is 1. The van der Waals surface area contributed by atoms with E-state index in [0.717, 1.165) is 17.1 Å². The van der Waals surface area contributed by atoms with Crippen molar-refractivity contribution < 1.29 is 4.79 Å². The molecule has 1 aromatic heterocycles. The van der Waals surface area contributed by atoms with Crippen LogP contribution in [0.3, 0.4) is 0 Å². The highest BCUT2D eigenvalue weighted by Gasteiger charge is 2.12. The Kier molecular flexibility index (Phi) is 3.71. The summed E-state index contributed by atoms with van der Waals surface area (Å²) in [6.07, 6.45) is 0. The summed E-state index contributed by atoms with van der Waals surface area (Å²) in [4.78, 5) is 12.3. The summed E-state index contributed by atoms with van der Waals surface area (Å²) in [6.45, 7) is 2.23. The SMILES string of the molecule is Cc1nnsc1C(=O)NCc1ccc(Cl)cc1. The molecule has 4 nitrogen and oxygen atoms in total. The molecular formula is C11H10ClN3OS. The third kappa shape index (κ3) is 3.01. The lowest BCUT2D eigenvalue weighted by Crippen LogP contribution is -2.22. The molecule has 1 heterocycles. The normalized spacial score (nSPS) is 10.2. The van der Waals surface area contributed by atoms with Crippen LogP contribution >= 0.6 is 23.1 Å². The number of rotatable bonds is 3. The van der Waals surface area contributed by atoms with Crippen molar-refractivity contribution in [3.63, 3.8) is 0 Å². The van der Waals surface area contributed by atoms with Gasteiger partial charge in [0.2, 0.25) is 0 Å². The maximum absolute atomic E-state index is 11.8. The predicted octanol–water partition coefficient (Wildman–Crippen LogP) is 2.43. The fourth-order valence-electron chi connectivity index (χ4n) is 1.30. The first kappa shape index (κ1) is 12.0. The van der Waals surface area contributed by atoms with Crippen LogP contribution in [-0.4, -0.2) is 15.5 Å². The van der Waals surface area contributed by atoms with E-state index in [0.29, 0.717) is 22.1 Å². The van der Waals surface area contributed by atoms with Crippen LogP contribution < -0.4 is 5.32 Å². The van der Waals surface area contributed by atoms with Gasteiger partial charge in [-0.05, 0) is 36.2 Å². The first-order valence-electron chi connectivity index (χ1n) is 4.98. The second kappa shape index (κ2) is 5.25. The summed E-state index contributed by atoms with van der Waals surface area (Å²) in [5.74, 6) is -0.146. The highest BCUT2D eigenvalue weighted by atomic mass is 35.5. The molecule has 2 aromatic rings. The smallest absolute Gasteiger partial charge is 0.265 e. The van der Waals surface area contributed by atoms with E-state index in [1.807, 2.05) is 12.1 Å². The Morgan fingerprint density at radius 1 is 1.41 bits per heavy atom. The van der Waals surface area contributed by atoms with Gasteiger partial charge >= 0.3 is 0 Å².